The number of halogens is 2. The lowest BCUT2D eigenvalue weighted by Gasteiger charge is -2.51. The Morgan fingerprint density at radius 3 is 2.47 bits per heavy atom. The molecular weight excluding hydrogens is 435 g/mol. The molecule has 0 saturated heterocycles. The lowest BCUT2D eigenvalue weighted by molar-refractivity contribution is -0.148. The van der Waals surface area contributed by atoms with Crippen molar-refractivity contribution in [2.45, 2.75) is 31.8 Å². The van der Waals surface area contributed by atoms with Crippen molar-refractivity contribution in [3.63, 3.8) is 0 Å². The van der Waals surface area contributed by atoms with Crippen LogP contribution in [0.25, 0.3) is 0 Å². The van der Waals surface area contributed by atoms with E-state index in [0.717, 1.165) is 16.5 Å². The molecule has 0 bridgehead atoms. The molecule has 0 unspecified atom stereocenters. The van der Waals surface area contributed by atoms with Gasteiger partial charge in [-0.1, -0.05) is 23.7 Å². The van der Waals surface area contributed by atoms with E-state index < -0.39 is 29.7 Å². The molecule has 2 N–H and O–H groups in total. The molecule has 166 valence electrons. The number of hydrogen-bond donors (Lipinski definition) is 1. The summed E-state index contributed by atoms with van der Waals surface area (Å²) in [5, 5.41) is 9.46. The molecule has 2 aromatic rings. The molecule has 1 fully saturated rings. The molecule has 0 atom stereocenters. The summed E-state index contributed by atoms with van der Waals surface area (Å²) in [7, 11) is 0. The summed E-state index contributed by atoms with van der Waals surface area (Å²) in [4.78, 5) is 39.1. The van der Waals surface area contributed by atoms with Crippen LogP contribution in [-0.2, 0) is 20.9 Å². The van der Waals surface area contributed by atoms with Gasteiger partial charge in [-0.15, -0.1) is 0 Å². The van der Waals surface area contributed by atoms with Crippen molar-refractivity contribution < 1.29 is 18.8 Å². The Morgan fingerprint density at radius 2 is 1.94 bits per heavy atom. The van der Waals surface area contributed by atoms with Crippen molar-refractivity contribution in [1.82, 2.24) is 4.90 Å². The maximum absolute atomic E-state index is 14.4. The van der Waals surface area contributed by atoms with Gasteiger partial charge in [-0.3, -0.25) is 14.4 Å². The van der Waals surface area contributed by atoms with Crippen molar-refractivity contribution in [3.8, 4) is 6.07 Å². The number of anilines is 1. The van der Waals surface area contributed by atoms with Gasteiger partial charge in [-0.25, -0.2) is 4.39 Å². The second-order valence-electron chi connectivity index (χ2n) is 8.12. The molecule has 0 spiro atoms. The smallest absolute Gasteiger partial charge is 0.243 e. The Kier molecular flexibility index (Phi) is 6.80. The summed E-state index contributed by atoms with van der Waals surface area (Å²) in [6.07, 6.45) is 1.17. The van der Waals surface area contributed by atoms with E-state index in [1.54, 1.807) is 29.2 Å². The number of hydrogen-bond acceptors (Lipinski definition) is 4. The van der Waals surface area contributed by atoms with Crippen LogP contribution >= 0.6 is 11.6 Å². The Hall–Kier alpha value is -3.44. The number of carbonyl (C=O) groups is 3. The van der Waals surface area contributed by atoms with E-state index in [9.17, 15) is 18.8 Å². The molecular formula is C23H22ClFN4O3. The molecule has 1 aliphatic rings. The zero-order valence-corrected chi connectivity index (χ0v) is 18.2. The maximum Gasteiger partial charge on any atom is 0.243 e. The second-order valence-corrected chi connectivity index (χ2v) is 8.56. The van der Waals surface area contributed by atoms with Crippen LogP contribution in [0, 0.1) is 23.1 Å². The molecule has 2 aromatic carbocycles. The van der Waals surface area contributed by atoms with Crippen molar-refractivity contribution in [2.75, 3.05) is 11.4 Å². The largest absolute Gasteiger partial charge is 0.369 e. The highest BCUT2D eigenvalue weighted by atomic mass is 35.5. The van der Waals surface area contributed by atoms with Crippen LogP contribution < -0.4 is 10.6 Å². The number of amides is 3. The highest BCUT2D eigenvalue weighted by molar-refractivity contribution is 6.30. The predicted octanol–water partition coefficient (Wildman–Crippen LogP) is 3.00. The van der Waals surface area contributed by atoms with E-state index in [1.165, 1.54) is 12.1 Å². The Labute approximate surface area is 190 Å². The third-order valence-electron chi connectivity index (χ3n) is 5.80. The average Bonchev–Trinajstić information content (AvgIpc) is 2.74. The van der Waals surface area contributed by atoms with E-state index in [-0.39, 0.29) is 23.7 Å². The van der Waals surface area contributed by atoms with Gasteiger partial charge in [0.2, 0.25) is 18.2 Å². The number of nitrogens with zero attached hydrogens (tertiary/aromatic N) is 3. The van der Waals surface area contributed by atoms with Gasteiger partial charge in [0, 0.05) is 23.0 Å². The molecule has 0 aliphatic heterocycles. The first-order chi connectivity index (χ1) is 15.2. The molecule has 3 amide bonds. The summed E-state index contributed by atoms with van der Waals surface area (Å²) in [5.41, 5.74) is 5.58. The maximum atomic E-state index is 14.4. The second kappa shape index (κ2) is 9.37. The molecule has 0 radical (unpaired) electrons. The number of nitriles is 1. The SMILES string of the molecule is CC1(N(Cc2ccc(Cl)cc2)C(=O)CN(C=O)c2ccc(C#N)cc2F)CC(C(N)=O)C1. The normalized spacial score (nSPS) is 19.4. The minimum absolute atomic E-state index is 0.104. The first-order valence-corrected chi connectivity index (χ1v) is 10.3. The Morgan fingerprint density at radius 1 is 1.28 bits per heavy atom. The lowest BCUT2D eigenvalue weighted by Crippen LogP contribution is -2.60. The van der Waals surface area contributed by atoms with E-state index in [0.29, 0.717) is 24.3 Å². The number of carbonyl (C=O) groups excluding carboxylic acids is 3. The summed E-state index contributed by atoms with van der Waals surface area (Å²) in [5.74, 6) is -1.95. The van der Waals surface area contributed by atoms with Gasteiger partial charge in [0.05, 0.1) is 17.3 Å². The zero-order valence-electron chi connectivity index (χ0n) is 17.4. The van der Waals surface area contributed by atoms with Crippen LogP contribution in [0.15, 0.2) is 42.5 Å². The van der Waals surface area contributed by atoms with E-state index in [4.69, 9.17) is 22.6 Å². The third-order valence-corrected chi connectivity index (χ3v) is 6.05. The first kappa shape index (κ1) is 23.2. The van der Waals surface area contributed by atoms with Gasteiger partial charge in [0.1, 0.15) is 12.4 Å². The summed E-state index contributed by atoms with van der Waals surface area (Å²) in [6.45, 7) is 1.67. The molecule has 3 rings (SSSR count). The molecule has 32 heavy (non-hydrogen) atoms. The quantitative estimate of drug-likeness (QED) is 0.616. The van der Waals surface area contributed by atoms with Gasteiger partial charge in [-0.05, 0) is 55.7 Å². The highest BCUT2D eigenvalue weighted by Crippen LogP contribution is 2.43. The molecule has 0 aromatic heterocycles. The fourth-order valence-electron chi connectivity index (χ4n) is 4.00. The first-order valence-electron chi connectivity index (χ1n) is 9.92. The summed E-state index contributed by atoms with van der Waals surface area (Å²) >= 11 is 5.95. The molecule has 1 saturated carbocycles. The summed E-state index contributed by atoms with van der Waals surface area (Å²) < 4.78 is 14.4. The molecule has 0 heterocycles. The number of benzene rings is 2. The lowest BCUT2D eigenvalue weighted by atomic mass is 9.68. The number of nitrogens with two attached hydrogens (primary N) is 1. The van der Waals surface area contributed by atoms with E-state index >= 15 is 0 Å². The van der Waals surface area contributed by atoms with Crippen LogP contribution in [0.5, 0.6) is 0 Å². The van der Waals surface area contributed by atoms with E-state index in [1.807, 2.05) is 13.0 Å². The molecule has 7 nitrogen and oxygen atoms in total. The Bertz CT molecular complexity index is 1080. The predicted molar refractivity (Wildman–Crippen MR) is 117 cm³/mol. The van der Waals surface area contributed by atoms with Crippen molar-refractivity contribution in [2.24, 2.45) is 11.7 Å². The van der Waals surface area contributed by atoms with Crippen LogP contribution in [0.2, 0.25) is 5.02 Å². The van der Waals surface area contributed by atoms with Gasteiger partial charge < -0.3 is 15.5 Å². The van der Waals surface area contributed by atoms with Crippen LogP contribution in [0.1, 0.15) is 30.9 Å². The van der Waals surface area contributed by atoms with E-state index in [2.05, 4.69) is 0 Å². The zero-order chi connectivity index (χ0) is 23.5. The third kappa shape index (κ3) is 4.89. The standard InChI is InChI=1S/C23H22ClFN4O3/c1-23(9-17(10-23)22(27)32)29(12-15-2-5-18(24)6-3-15)21(31)13-28(14-30)20-7-4-16(11-26)8-19(20)25/h2-8,14,17H,9-10,12-13H2,1H3,(H2,27,32). The van der Waals surface area contributed by atoms with Gasteiger partial charge >= 0.3 is 0 Å². The van der Waals surface area contributed by atoms with Crippen molar-refractivity contribution >= 4 is 35.5 Å². The minimum Gasteiger partial charge on any atom is -0.369 e. The van der Waals surface area contributed by atoms with Gasteiger partial charge in [0.25, 0.3) is 0 Å². The van der Waals surface area contributed by atoms with Crippen LogP contribution in [0.3, 0.4) is 0 Å². The van der Waals surface area contributed by atoms with Crippen molar-refractivity contribution in [3.05, 3.63) is 64.4 Å². The monoisotopic (exact) mass is 456 g/mol. The van der Waals surface area contributed by atoms with Crippen molar-refractivity contribution in [1.29, 1.82) is 5.26 Å². The summed E-state index contributed by atoms with van der Waals surface area (Å²) in [6, 6.07) is 12.5. The molecule has 1 aliphatic carbocycles. The number of primary amides is 1. The minimum atomic E-state index is -0.781. The van der Waals surface area contributed by atoms with Crippen LogP contribution in [0.4, 0.5) is 10.1 Å². The fraction of sp³-hybridized carbons (Fsp3) is 0.304. The topological polar surface area (TPSA) is 108 Å². The fourth-order valence-corrected chi connectivity index (χ4v) is 4.12. The number of rotatable bonds is 8. The highest BCUT2D eigenvalue weighted by Gasteiger charge is 2.48. The Balaban J connectivity index is 1.85. The molecule has 9 heteroatoms. The average molecular weight is 457 g/mol. The van der Waals surface area contributed by atoms with Crippen LogP contribution in [-0.4, -0.2) is 35.2 Å². The van der Waals surface area contributed by atoms with Gasteiger partial charge in [0.15, 0.2) is 0 Å². The van der Waals surface area contributed by atoms with Gasteiger partial charge in [-0.2, -0.15) is 5.26 Å².